The van der Waals surface area contributed by atoms with Crippen LogP contribution in [0, 0.1) is 18.4 Å². The Morgan fingerprint density at radius 2 is 1.44 bits per heavy atom. The fourth-order valence-electron chi connectivity index (χ4n) is 1.86. The van der Waals surface area contributed by atoms with Gasteiger partial charge in [-0.05, 0) is 37.2 Å². The zero-order valence-electron chi connectivity index (χ0n) is 10.9. The normalized spacial score (nSPS) is 10.8. The molecule has 1 heteroatoms. The average Bonchev–Trinajstić information content (AvgIpc) is 2.34. The molecule has 0 N–H and O–H groups in total. The molecule has 0 spiro atoms. The molecule has 0 aliphatic heterocycles. The van der Waals surface area contributed by atoms with Gasteiger partial charge in [0, 0.05) is 5.56 Å². The Morgan fingerprint density at radius 1 is 0.938 bits per heavy atom. The number of benzene rings is 1. The predicted octanol–water partition coefficient (Wildman–Crippen LogP) is 4.39. The molecular formula is C15H22Si. The van der Waals surface area contributed by atoms with Crippen molar-refractivity contribution in [3.05, 3.63) is 35.4 Å². The lowest BCUT2D eigenvalue weighted by atomic mass is 10.2. The van der Waals surface area contributed by atoms with Crippen molar-refractivity contribution < 1.29 is 0 Å². The van der Waals surface area contributed by atoms with E-state index in [1.165, 1.54) is 23.7 Å². The summed E-state index contributed by atoms with van der Waals surface area (Å²) in [4.78, 5) is 0. The molecule has 16 heavy (non-hydrogen) atoms. The second-order valence-electron chi connectivity index (χ2n) is 4.46. The van der Waals surface area contributed by atoms with Crippen LogP contribution in [-0.4, -0.2) is 8.07 Å². The highest BCUT2D eigenvalue weighted by atomic mass is 28.3. The Labute approximate surface area is 101 Å². The molecule has 1 aromatic carbocycles. The Bertz CT molecular complexity index is 366. The van der Waals surface area contributed by atoms with Gasteiger partial charge in [0.05, 0.1) is 0 Å². The molecule has 0 aliphatic rings. The van der Waals surface area contributed by atoms with Crippen LogP contribution in [0.1, 0.15) is 31.9 Å². The summed E-state index contributed by atoms with van der Waals surface area (Å²) in [6, 6.07) is 12.4. The summed E-state index contributed by atoms with van der Waals surface area (Å²) in [5.74, 6) is 3.38. The standard InChI is InChI=1S/C15H22Si/c1-5-16(6-2,7-3)13-12-15-10-8-14(4)9-11-15/h8-11H,5-7H2,1-4H3. The molecule has 0 saturated heterocycles. The van der Waals surface area contributed by atoms with E-state index in [0.29, 0.717) is 0 Å². The van der Waals surface area contributed by atoms with Gasteiger partial charge < -0.3 is 0 Å². The van der Waals surface area contributed by atoms with Crippen molar-refractivity contribution in [1.29, 1.82) is 0 Å². The Hall–Kier alpha value is -1.00. The van der Waals surface area contributed by atoms with Crippen molar-refractivity contribution >= 4 is 8.07 Å². The van der Waals surface area contributed by atoms with Crippen LogP contribution in [0.15, 0.2) is 24.3 Å². The molecule has 0 radical (unpaired) electrons. The lowest BCUT2D eigenvalue weighted by Crippen LogP contribution is -2.29. The van der Waals surface area contributed by atoms with Crippen molar-refractivity contribution in [2.24, 2.45) is 0 Å². The lowest BCUT2D eigenvalue weighted by Gasteiger charge is -2.19. The van der Waals surface area contributed by atoms with Crippen LogP contribution in [0.3, 0.4) is 0 Å². The zero-order valence-corrected chi connectivity index (χ0v) is 11.9. The third-order valence-electron chi connectivity index (χ3n) is 3.55. The van der Waals surface area contributed by atoms with Crippen LogP contribution < -0.4 is 0 Å². The summed E-state index contributed by atoms with van der Waals surface area (Å²) in [5.41, 5.74) is 6.07. The summed E-state index contributed by atoms with van der Waals surface area (Å²) >= 11 is 0. The van der Waals surface area contributed by atoms with Gasteiger partial charge in [-0.2, -0.15) is 0 Å². The maximum absolute atomic E-state index is 3.61. The summed E-state index contributed by atoms with van der Waals surface area (Å²) in [6.45, 7) is 9.00. The number of aryl methyl sites for hydroxylation is 1. The quantitative estimate of drug-likeness (QED) is 0.533. The van der Waals surface area contributed by atoms with E-state index in [9.17, 15) is 0 Å². The maximum Gasteiger partial charge on any atom is 0.138 e. The van der Waals surface area contributed by atoms with E-state index in [1.807, 2.05) is 0 Å². The largest absolute Gasteiger partial charge is 0.138 e. The van der Waals surface area contributed by atoms with Gasteiger partial charge in [-0.3, -0.25) is 0 Å². The van der Waals surface area contributed by atoms with Crippen LogP contribution in [0.4, 0.5) is 0 Å². The fraction of sp³-hybridized carbons (Fsp3) is 0.467. The third kappa shape index (κ3) is 3.25. The van der Waals surface area contributed by atoms with Crippen LogP contribution in [-0.2, 0) is 0 Å². The number of rotatable bonds is 3. The van der Waals surface area contributed by atoms with Gasteiger partial charge in [-0.25, -0.2) is 0 Å². The van der Waals surface area contributed by atoms with E-state index in [-0.39, 0.29) is 0 Å². The summed E-state index contributed by atoms with van der Waals surface area (Å²) in [5, 5.41) is 0. The smallest absolute Gasteiger partial charge is 0.126 e. The molecule has 0 nitrogen and oxygen atoms in total. The van der Waals surface area contributed by atoms with Crippen molar-refractivity contribution in [2.75, 3.05) is 0 Å². The van der Waals surface area contributed by atoms with Crippen molar-refractivity contribution in [3.8, 4) is 11.5 Å². The van der Waals surface area contributed by atoms with E-state index >= 15 is 0 Å². The van der Waals surface area contributed by atoms with E-state index in [1.54, 1.807) is 0 Å². The summed E-state index contributed by atoms with van der Waals surface area (Å²) in [7, 11) is -1.27. The third-order valence-corrected chi connectivity index (χ3v) is 8.27. The van der Waals surface area contributed by atoms with Gasteiger partial charge >= 0.3 is 0 Å². The van der Waals surface area contributed by atoms with Gasteiger partial charge in [0.15, 0.2) is 0 Å². The minimum Gasteiger partial charge on any atom is -0.126 e. The molecule has 0 aliphatic carbocycles. The van der Waals surface area contributed by atoms with Gasteiger partial charge in [-0.1, -0.05) is 44.4 Å². The molecule has 0 bridgehead atoms. The van der Waals surface area contributed by atoms with Crippen molar-refractivity contribution in [1.82, 2.24) is 0 Å². The first-order valence-corrected chi connectivity index (χ1v) is 8.87. The fourth-order valence-corrected chi connectivity index (χ4v) is 4.30. The van der Waals surface area contributed by atoms with Gasteiger partial charge in [-0.15, -0.1) is 5.54 Å². The molecular weight excluding hydrogens is 208 g/mol. The monoisotopic (exact) mass is 230 g/mol. The first kappa shape index (κ1) is 13.1. The Balaban J connectivity index is 2.90. The minimum atomic E-state index is -1.27. The van der Waals surface area contributed by atoms with Gasteiger partial charge in [0.2, 0.25) is 0 Å². The number of hydrogen-bond acceptors (Lipinski definition) is 0. The SMILES string of the molecule is CC[Si](C#Cc1ccc(C)cc1)(CC)CC. The van der Waals surface area contributed by atoms with Crippen molar-refractivity contribution in [2.45, 2.75) is 45.8 Å². The summed E-state index contributed by atoms with van der Waals surface area (Å²) < 4.78 is 0. The predicted molar refractivity (Wildman–Crippen MR) is 75.3 cm³/mol. The molecule has 1 rings (SSSR count). The van der Waals surface area contributed by atoms with E-state index in [0.717, 1.165) is 5.56 Å². The second-order valence-corrected chi connectivity index (χ2v) is 9.39. The highest BCUT2D eigenvalue weighted by Crippen LogP contribution is 2.19. The van der Waals surface area contributed by atoms with E-state index in [2.05, 4.69) is 63.4 Å². The Kier molecular flexibility index (Phi) is 4.83. The minimum absolute atomic E-state index is 1.16. The topological polar surface area (TPSA) is 0 Å². The molecule has 0 amide bonds. The Morgan fingerprint density at radius 3 is 1.88 bits per heavy atom. The average molecular weight is 230 g/mol. The molecule has 0 unspecified atom stereocenters. The van der Waals surface area contributed by atoms with Crippen LogP contribution >= 0.6 is 0 Å². The maximum atomic E-state index is 3.61. The highest BCUT2D eigenvalue weighted by molar-refractivity contribution is 6.87. The number of hydrogen-bond donors (Lipinski definition) is 0. The highest BCUT2D eigenvalue weighted by Gasteiger charge is 2.23. The summed E-state index contributed by atoms with van der Waals surface area (Å²) in [6.07, 6.45) is 0. The van der Waals surface area contributed by atoms with Crippen molar-refractivity contribution in [3.63, 3.8) is 0 Å². The molecule has 0 fully saturated rings. The molecule has 86 valence electrons. The first-order chi connectivity index (χ1) is 7.65. The van der Waals surface area contributed by atoms with Gasteiger partial charge in [0.25, 0.3) is 0 Å². The second kappa shape index (κ2) is 5.91. The molecule has 0 aromatic heterocycles. The first-order valence-electron chi connectivity index (χ1n) is 6.25. The van der Waals surface area contributed by atoms with Crippen LogP contribution in [0.25, 0.3) is 0 Å². The molecule has 0 atom stereocenters. The van der Waals surface area contributed by atoms with Crippen LogP contribution in [0.2, 0.25) is 18.1 Å². The van der Waals surface area contributed by atoms with E-state index in [4.69, 9.17) is 0 Å². The molecule has 0 saturated carbocycles. The van der Waals surface area contributed by atoms with E-state index < -0.39 is 8.07 Å². The lowest BCUT2D eigenvalue weighted by molar-refractivity contribution is 1.20. The zero-order chi connectivity index (χ0) is 12.0. The molecule has 0 heterocycles. The van der Waals surface area contributed by atoms with Gasteiger partial charge in [0.1, 0.15) is 8.07 Å². The molecule has 1 aromatic rings. The van der Waals surface area contributed by atoms with Crippen LogP contribution in [0.5, 0.6) is 0 Å².